The van der Waals surface area contributed by atoms with Gasteiger partial charge in [0.05, 0.1) is 0 Å². The van der Waals surface area contributed by atoms with Gasteiger partial charge in [0.15, 0.2) is 0 Å². The van der Waals surface area contributed by atoms with E-state index in [1.807, 2.05) is 20.8 Å². The molecule has 0 bridgehead atoms. The number of hydrogen-bond donors (Lipinski definition) is 0. The summed E-state index contributed by atoms with van der Waals surface area (Å²) >= 11 is 0. The minimum Gasteiger partial charge on any atom is -0.299 e. The van der Waals surface area contributed by atoms with Crippen molar-refractivity contribution in [2.45, 2.75) is 33.6 Å². The topological polar surface area (TPSA) is 17.1 Å². The van der Waals surface area contributed by atoms with E-state index in [-0.39, 0.29) is 11.7 Å². The average molecular weight is 166 g/mol. The van der Waals surface area contributed by atoms with E-state index in [2.05, 4.69) is 12.7 Å². The van der Waals surface area contributed by atoms with Crippen LogP contribution in [0.4, 0.5) is 0 Å². The van der Waals surface area contributed by atoms with Crippen LogP contribution in [0.3, 0.4) is 0 Å². The highest BCUT2D eigenvalue weighted by atomic mass is 16.1. The van der Waals surface area contributed by atoms with Gasteiger partial charge in [-0.15, -0.1) is 6.58 Å². The number of hydrogen-bond acceptors (Lipinski definition) is 1. The molecule has 0 aliphatic rings. The van der Waals surface area contributed by atoms with Gasteiger partial charge in [-0.05, 0) is 20.3 Å². The van der Waals surface area contributed by atoms with Gasteiger partial charge >= 0.3 is 0 Å². The Labute approximate surface area is 75.2 Å². The van der Waals surface area contributed by atoms with Crippen molar-refractivity contribution in [3.63, 3.8) is 0 Å². The summed E-state index contributed by atoms with van der Waals surface area (Å²) in [5.74, 6) is 0.417. The van der Waals surface area contributed by atoms with Gasteiger partial charge in [0.1, 0.15) is 5.78 Å². The Kier molecular flexibility index (Phi) is 5.35. The smallest absolute Gasteiger partial charge is 0.139 e. The second-order valence-electron chi connectivity index (χ2n) is 3.38. The fourth-order valence-corrected chi connectivity index (χ4v) is 0.887. The van der Waals surface area contributed by atoms with E-state index in [0.717, 1.165) is 6.42 Å². The van der Waals surface area contributed by atoms with E-state index < -0.39 is 0 Å². The lowest BCUT2D eigenvalue weighted by Gasteiger charge is -2.05. The molecule has 68 valence electrons. The molecular weight excluding hydrogens is 148 g/mol. The van der Waals surface area contributed by atoms with Gasteiger partial charge in [0, 0.05) is 12.3 Å². The van der Waals surface area contributed by atoms with Gasteiger partial charge in [-0.1, -0.05) is 24.6 Å². The van der Waals surface area contributed by atoms with Crippen LogP contribution in [0.1, 0.15) is 33.6 Å². The van der Waals surface area contributed by atoms with E-state index in [9.17, 15) is 4.79 Å². The Hall–Kier alpha value is -0.850. The lowest BCUT2D eigenvalue weighted by Crippen LogP contribution is -2.08. The molecule has 0 saturated carbocycles. The maximum atomic E-state index is 11.3. The molecule has 0 saturated heterocycles. The number of ketones is 1. The third kappa shape index (κ3) is 4.89. The van der Waals surface area contributed by atoms with Gasteiger partial charge in [-0.25, -0.2) is 0 Å². The second kappa shape index (κ2) is 5.76. The summed E-state index contributed by atoms with van der Waals surface area (Å²) in [5.41, 5.74) is 1.27. The molecular formula is C11H18O. The van der Waals surface area contributed by atoms with Crippen molar-refractivity contribution in [3.05, 3.63) is 24.3 Å². The summed E-state index contributed by atoms with van der Waals surface area (Å²) in [5, 5.41) is 0. The standard InChI is InChI=1S/C11H18O/c1-5-6-11(12)10(4)8-7-9(2)3/h5,7,10H,1,6,8H2,2-4H3. The quantitative estimate of drug-likeness (QED) is 0.573. The predicted molar refractivity (Wildman–Crippen MR) is 53.0 cm³/mol. The zero-order chi connectivity index (χ0) is 9.56. The van der Waals surface area contributed by atoms with E-state index >= 15 is 0 Å². The molecule has 0 aliphatic carbocycles. The largest absolute Gasteiger partial charge is 0.299 e. The van der Waals surface area contributed by atoms with Crippen molar-refractivity contribution in [3.8, 4) is 0 Å². The van der Waals surface area contributed by atoms with Crippen LogP contribution in [-0.4, -0.2) is 5.78 Å². The zero-order valence-corrected chi connectivity index (χ0v) is 8.26. The molecule has 0 N–H and O–H groups in total. The monoisotopic (exact) mass is 166 g/mol. The molecule has 0 aromatic carbocycles. The van der Waals surface area contributed by atoms with E-state index in [1.165, 1.54) is 5.57 Å². The van der Waals surface area contributed by atoms with Crippen molar-refractivity contribution in [1.82, 2.24) is 0 Å². The molecule has 12 heavy (non-hydrogen) atoms. The first kappa shape index (κ1) is 11.2. The molecule has 0 radical (unpaired) electrons. The highest BCUT2D eigenvalue weighted by molar-refractivity contribution is 5.82. The number of Topliss-reactive ketones (excluding diaryl/α,β-unsaturated/α-hetero) is 1. The van der Waals surface area contributed by atoms with Crippen molar-refractivity contribution < 1.29 is 4.79 Å². The maximum absolute atomic E-state index is 11.3. The summed E-state index contributed by atoms with van der Waals surface area (Å²) in [7, 11) is 0. The third-order valence-corrected chi connectivity index (χ3v) is 1.77. The normalized spacial score (nSPS) is 11.9. The predicted octanol–water partition coefficient (Wildman–Crippen LogP) is 3.12. The van der Waals surface area contributed by atoms with E-state index in [1.54, 1.807) is 6.08 Å². The number of carbonyl (C=O) groups is 1. The molecule has 1 heteroatoms. The van der Waals surface area contributed by atoms with E-state index in [4.69, 9.17) is 0 Å². The Balaban J connectivity index is 3.86. The molecule has 1 unspecified atom stereocenters. The van der Waals surface area contributed by atoms with Crippen LogP contribution in [0.25, 0.3) is 0 Å². The SMILES string of the molecule is C=CCC(=O)C(C)CC=C(C)C. The van der Waals surface area contributed by atoms with Crippen LogP contribution in [0.15, 0.2) is 24.3 Å². The molecule has 0 aliphatic heterocycles. The first-order valence-corrected chi connectivity index (χ1v) is 4.35. The third-order valence-electron chi connectivity index (χ3n) is 1.77. The minimum atomic E-state index is 0.137. The van der Waals surface area contributed by atoms with Gasteiger partial charge in [0.25, 0.3) is 0 Å². The first-order chi connectivity index (χ1) is 5.57. The maximum Gasteiger partial charge on any atom is 0.139 e. The minimum absolute atomic E-state index is 0.137. The molecule has 0 rings (SSSR count). The van der Waals surface area contributed by atoms with Gasteiger partial charge in [0.2, 0.25) is 0 Å². The van der Waals surface area contributed by atoms with Crippen molar-refractivity contribution >= 4 is 5.78 Å². The van der Waals surface area contributed by atoms with Crippen molar-refractivity contribution in [2.24, 2.45) is 5.92 Å². The molecule has 0 aromatic rings. The summed E-state index contributed by atoms with van der Waals surface area (Å²) in [6.45, 7) is 9.60. The highest BCUT2D eigenvalue weighted by Crippen LogP contribution is 2.08. The molecule has 0 fully saturated rings. The number of allylic oxidation sites excluding steroid dienone is 3. The van der Waals surface area contributed by atoms with Gasteiger partial charge < -0.3 is 0 Å². The number of carbonyl (C=O) groups excluding carboxylic acids is 1. The molecule has 0 spiro atoms. The summed E-state index contributed by atoms with van der Waals surface area (Å²) < 4.78 is 0. The average Bonchev–Trinajstić information content (AvgIpc) is 2.00. The van der Waals surface area contributed by atoms with Crippen molar-refractivity contribution in [2.75, 3.05) is 0 Å². The van der Waals surface area contributed by atoms with Gasteiger partial charge in [-0.3, -0.25) is 4.79 Å². The summed E-state index contributed by atoms with van der Waals surface area (Å²) in [6.07, 6.45) is 5.12. The van der Waals surface area contributed by atoms with Crippen molar-refractivity contribution in [1.29, 1.82) is 0 Å². The van der Waals surface area contributed by atoms with Gasteiger partial charge in [-0.2, -0.15) is 0 Å². The lowest BCUT2D eigenvalue weighted by molar-refractivity contribution is -0.121. The summed E-state index contributed by atoms with van der Waals surface area (Å²) in [4.78, 5) is 11.3. The van der Waals surface area contributed by atoms with Crippen LogP contribution in [0.5, 0.6) is 0 Å². The molecule has 0 aromatic heterocycles. The van der Waals surface area contributed by atoms with Crippen LogP contribution in [-0.2, 0) is 4.79 Å². The van der Waals surface area contributed by atoms with Crippen LogP contribution >= 0.6 is 0 Å². The Morgan fingerprint density at radius 2 is 2.08 bits per heavy atom. The summed E-state index contributed by atoms with van der Waals surface area (Å²) in [6, 6.07) is 0. The van der Waals surface area contributed by atoms with E-state index in [0.29, 0.717) is 6.42 Å². The molecule has 1 atom stereocenters. The fourth-order valence-electron chi connectivity index (χ4n) is 0.887. The fraction of sp³-hybridized carbons (Fsp3) is 0.545. The second-order valence-corrected chi connectivity index (χ2v) is 3.38. The zero-order valence-electron chi connectivity index (χ0n) is 8.26. The molecule has 0 amide bonds. The van der Waals surface area contributed by atoms with Crippen LogP contribution in [0.2, 0.25) is 0 Å². The Morgan fingerprint density at radius 1 is 1.50 bits per heavy atom. The number of rotatable bonds is 5. The Bertz CT molecular complexity index is 185. The highest BCUT2D eigenvalue weighted by Gasteiger charge is 2.08. The Morgan fingerprint density at radius 3 is 2.50 bits per heavy atom. The molecule has 0 heterocycles. The lowest BCUT2D eigenvalue weighted by atomic mass is 9.99. The van der Waals surface area contributed by atoms with Crippen LogP contribution < -0.4 is 0 Å². The first-order valence-electron chi connectivity index (χ1n) is 4.35. The molecule has 1 nitrogen and oxygen atoms in total. The van der Waals surface area contributed by atoms with Crippen LogP contribution in [0, 0.1) is 5.92 Å².